The van der Waals surface area contributed by atoms with Gasteiger partial charge in [0.1, 0.15) is 22.4 Å². The summed E-state index contributed by atoms with van der Waals surface area (Å²) < 4.78 is 38.8. The van der Waals surface area contributed by atoms with Crippen LogP contribution in [0.2, 0.25) is 0 Å². The molecule has 0 radical (unpaired) electrons. The zero-order valence-corrected chi connectivity index (χ0v) is 27.7. The number of aliphatic hydroxyl groups is 1. The van der Waals surface area contributed by atoms with Gasteiger partial charge in [0, 0.05) is 61.8 Å². The molecule has 4 fully saturated rings. The van der Waals surface area contributed by atoms with E-state index >= 15 is 8.78 Å². The van der Waals surface area contributed by atoms with E-state index in [-0.39, 0.29) is 62.7 Å². The van der Waals surface area contributed by atoms with Gasteiger partial charge in [-0.2, -0.15) is 10.2 Å². The van der Waals surface area contributed by atoms with Crippen molar-refractivity contribution in [3.05, 3.63) is 34.5 Å². The van der Waals surface area contributed by atoms with Crippen molar-refractivity contribution < 1.29 is 18.6 Å². The van der Waals surface area contributed by atoms with E-state index in [1.54, 1.807) is 0 Å². The van der Waals surface area contributed by atoms with Crippen LogP contribution < -0.4 is 15.5 Å². The second kappa shape index (κ2) is 11.1. The Balaban J connectivity index is 1.28. The molecule has 4 saturated heterocycles. The number of hydrogen-bond acceptors (Lipinski definition) is 12. The largest absolute Gasteiger partial charge is 0.392 e. The number of fused-ring (bicyclic) bond motifs is 7. The molecule has 1 aromatic carbocycles. The fourth-order valence-corrected chi connectivity index (χ4v) is 10.1. The predicted octanol–water partition coefficient (Wildman–Crippen LogP) is 3.84. The Kier molecular flexibility index (Phi) is 7.04. The number of β-amino-alcohol motifs (C(OH)–C–C–N with tert-alkyl or cyclic N) is 1. The maximum Gasteiger partial charge on any atom is 0.228 e. The summed E-state index contributed by atoms with van der Waals surface area (Å²) in [7, 11) is 2.16. The average Bonchev–Trinajstić information content (AvgIpc) is 3.87. The van der Waals surface area contributed by atoms with Gasteiger partial charge in [-0.3, -0.25) is 9.88 Å². The van der Waals surface area contributed by atoms with Gasteiger partial charge >= 0.3 is 0 Å². The molecule has 5 aliphatic rings. The number of aromatic nitrogens is 3. The van der Waals surface area contributed by atoms with Crippen LogP contribution in [0.15, 0.2) is 6.20 Å². The molecule has 5 atom stereocenters. The van der Waals surface area contributed by atoms with E-state index < -0.39 is 17.7 Å². The second-order valence-corrected chi connectivity index (χ2v) is 15.2. The van der Waals surface area contributed by atoms with E-state index in [9.17, 15) is 10.4 Å². The number of anilines is 3. The third-order valence-corrected chi connectivity index (χ3v) is 12.3. The van der Waals surface area contributed by atoms with E-state index in [1.807, 2.05) is 6.92 Å². The Morgan fingerprint density at radius 3 is 2.60 bits per heavy atom. The SMILES string of the molecule is C[C@@H](O)CN1CC2CCC(C1)N2c1nc(N2C[C@@H]3CCN(C)[C@@H]3C2)nc2c(F)c(-c3ncc(F)c4sc(N)c(C#N)c34)c3c(c12)COC3. The molecule has 48 heavy (non-hydrogen) atoms. The van der Waals surface area contributed by atoms with Crippen molar-refractivity contribution in [1.29, 1.82) is 5.26 Å². The normalized spacial score (nSPS) is 26.2. The van der Waals surface area contributed by atoms with Crippen molar-refractivity contribution in [1.82, 2.24) is 24.8 Å². The highest BCUT2D eigenvalue weighted by molar-refractivity contribution is 7.23. The number of pyridine rings is 1. The number of nitrogen functional groups attached to an aromatic ring is 1. The number of nitriles is 1. The predicted molar refractivity (Wildman–Crippen MR) is 180 cm³/mol. The topological polar surface area (TPSA) is 131 Å². The maximum atomic E-state index is 17.5. The van der Waals surface area contributed by atoms with Gasteiger partial charge in [0.15, 0.2) is 11.6 Å². The van der Waals surface area contributed by atoms with Crippen LogP contribution in [-0.4, -0.2) is 100 Å². The summed E-state index contributed by atoms with van der Waals surface area (Å²) in [5.74, 6) is 0.542. The van der Waals surface area contributed by atoms with Crippen LogP contribution >= 0.6 is 11.3 Å². The molecule has 2 unspecified atom stereocenters. The van der Waals surface area contributed by atoms with Gasteiger partial charge in [-0.15, -0.1) is 11.3 Å². The van der Waals surface area contributed by atoms with Crippen LogP contribution in [0.3, 0.4) is 0 Å². The summed E-state index contributed by atoms with van der Waals surface area (Å²) in [6.45, 7) is 7.01. The highest BCUT2D eigenvalue weighted by Gasteiger charge is 2.45. The van der Waals surface area contributed by atoms with Crippen LogP contribution in [0.5, 0.6) is 0 Å². The zero-order valence-electron chi connectivity index (χ0n) is 26.9. The molecular formula is C34H37F2N9O2S. The Morgan fingerprint density at radius 1 is 1.10 bits per heavy atom. The molecular weight excluding hydrogens is 636 g/mol. The minimum Gasteiger partial charge on any atom is -0.392 e. The highest BCUT2D eigenvalue weighted by Crippen LogP contribution is 2.48. The molecule has 3 aromatic heterocycles. The third kappa shape index (κ3) is 4.44. The van der Waals surface area contributed by atoms with E-state index in [2.05, 4.69) is 37.7 Å². The molecule has 250 valence electrons. The molecule has 9 rings (SSSR count). The number of thiophene rings is 1. The molecule has 0 spiro atoms. The van der Waals surface area contributed by atoms with Gasteiger partial charge in [0.2, 0.25) is 5.95 Å². The lowest BCUT2D eigenvalue weighted by Crippen LogP contribution is -2.55. The fourth-order valence-electron chi connectivity index (χ4n) is 9.16. The van der Waals surface area contributed by atoms with Gasteiger partial charge in [-0.25, -0.2) is 13.8 Å². The van der Waals surface area contributed by atoms with Crippen LogP contribution in [0.4, 0.5) is 25.5 Å². The maximum absolute atomic E-state index is 17.5. The number of rotatable bonds is 5. The lowest BCUT2D eigenvalue weighted by Gasteiger charge is -2.43. The van der Waals surface area contributed by atoms with E-state index in [0.717, 1.165) is 80.9 Å². The summed E-state index contributed by atoms with van der Waals surface area (Å²) in [5, 5.41) is 21.2. The van der Waals surface area contributed by atoms with Crippen LogP contribution in [0.1, 0.15) is 42.9 Å². The number of likely N-dealkylation sites (N-methyl/N-ethyl adjacent to an activating group) is 1. The summed E-state index contributed by atoms with van der Waals surface area (Å²) in [6, 6.07) is 2.80. The Bertz CT molecular complexity index is 2020. The highest BCUT2D eigenvalue weighted by atomic mass is 32.1. The van der Waals surface area contributed by atoms with Crippen LogP contribution in [0.25, 0.3) is 32.2 Å². The Morgan fingerprint density at radius 2 is 1.88 bits per heavy atom. The quantitative estimate of drug-likeness (QED) is 0.321. The van der Waals surface area contributed by atoms with E-state index in [1.165, 1.54) is 0 Å². The molecule has 8 heterocycles. The van der Waals surface area contributed by atoms with Crippen molar-refractivity contribution in [2.24, 2.45) is 5.92 Å². The Labute approximate surface area is 280 Å². The van der Waals surface area contributed by atoms with Gasteiger partial charge in [0.25, 0.3) is 0 Å². The number of nitrogens with zero attached hydrogens (tertiary/aromatic N) is 8. The first-order valence-electron chi connectivity index (χ1n) is 16.7. The minimum absolute atomic E-state index is 0.0904. The first kappa shape index (κ1) is 30.3. The van der Waals surface area contributed by atoms with Crippen molar-refractivity contribution in [3.63, 3.8) is 0 Å². The Hall–Kier alpha value is -3.74. The molecule has 11 nitrogen and oxygen atoms in total. The number of piperazine rings is 1. The van der Waals surface area contributed by atoms with Crippen molar-refractivity contribution in [3.8, 4) is 17.3 Å². The second-order valence-electron chi connectivity index (χ2n) is 14.2. The van der Waals surface area contributed by atoms with Crippen molar-refractivity contribution in [2.45, 2.75) is 63.6 Å². The molecule has 14 heteroatoms. The van der Waals surface area contributed by atoms with Gasteiger partial charge in [-0.05, 0) is 56.8 Å². The lowest BCUT2D eigenvalue weighted by molar-refractivity contribution is 0.111. The molecule has 0 aliphatic carbocycles. The van der Waals surface area contributed by atoms with Gasteiger partial charge in [0.05, 0.1) is 46.9 Å². The molecule has 2 bridgehead atoms. The summed E-state index contributed by atoms with van der Waals surface area (Å²) in [4.78, 5) is 24.0. The minimum atomic E-state index is -0.609. The monoisotopic (exact) mass is 673 g/mol. The average molecular weight is 674 g/mol. The summed E-state index contributed by atoms with van der Waals surface area (Å²) in [5.41, 5.74) is 8.19. The number of hydrogen-bond donors (Lipinski definition) is 2. The van der Waals surface area contributed by atoms with Crippen LogP contribution in [0, 0.1) is 28.9 Å². The van der Waals surface area contributed by atoms with E-state index in [0.29, 0.717) is 35.4 Å². The zero-order chi connectivity index (χ0) is 33.0. The first-order valence-corrected chi connectivity index (χ1v) is 17.6. The molecule has 5 aliphatic heterocycles. The van der Waals surface area contributed by atoms with Gasteiger partial charge < -0.3 is 30.3 Å². The van der Waals surface area contributed by atoms with Gasteiger partial charge in [-0.1, -0.05) is 0 Å². The fraction of sp³-hybridized carbons (Fsp3) is 0.529. The molecule has 4 aromatic rings. The number of benzene rings is 1. The number of aliphatic hydroxyl groups excluding tert-OH is 1. The molecule has 3 N–H and O–H groups in total. The summed E-state index contributed by atoms with van der Waals surface area (Å²) in [6.07, 6.45) is 3.71. The smallest absolute Gasteiger partial charge is 0.228 e. The van der Waals surface area contributed by atoms with Crippen molar-refractivity contribution in [2.75, 3.05) is 61.8 Å². The first-order chi connectivity index (χ1) is 23.2. The van der Waals surface area contributed by atoms with E-state index in [4.69, 9.17) is 20.4 Å². The molecule has 0 saturated carbocycles. The standard InChI is InChI=1S/C34H37F2N9O2S/c1-16(46)9-43-11-18-3-4-19(12-43)45(18)33-27-22-15-47-14-21(22)25(29-26-20(7-37)32(38)48-31(26)23(35)8-39-29)28(36)30(27)40-34(41-33)44-10-17-5-6-42(2)24(17)13-44/h8,16-19,24,46H,3-6,9-15,38H2,1-2H3/t16-,17+,18?,19?,24-/m1/s1. The number of ether oxygens (including phenoxy) is 1. The lowest BCUT2D eigenvalue weighted by atomic mass is 9.93. The number of likely N-dealkylation sites (tertiary alicyclic amines) is 2. The van der Waals surface area contributed by atoms with Crippen molar-refractivity contribution >= 4 is 49.1 Å². The third-order valence-electron chi connectivity index (χ3n) is 11.2. The number of halogens is 2. The number of nitrogens with two attached hydrogens (primary N) is 1. The summed E-state index contributed by atoms with van der Waals surface area (Å²) >= 11 is 0.965. The molecule has 0 amide bonds. The van der Waals surface area contributed by atoms with Crippen LogP contribution in [-0.2, 0) is 18.0 Å².